The van der Waals surface area contributed by atoms with E-state index in [4.69, 9.17) is 27.9 Å². The molecule has 2 aromatic rings. The van der Waals surface area contributed by atoms with Crippen LogP contribution in [0.4, 0.5) is 5.69 Å². The summed E-state index contributed by atoms with van der Waals surface area (Å²) in [5.41, 5.74) is 1.03. The standard InChI is InChI=1S/C28H39Cl2N3O5S/c1-6-26(28(35)31-18-20(3)4)32(19-23-24(29)10-8-11-25(23)30)27(34)12-9-17-33(39(5,36)37)21-13-15-22(16-14-21)38-7-2/h8,10-11,13-16,20,26H,6-7,9,12,17-19H2,1-5H3,(H,31,35). The largest absolute Gasteiger partial charge is 0.494 e. The Morgan fingerprint density at radius 2 is 1.64 bits per heavy atom. The monoisotopic (exact) mass is 599 g/mol. The number of carbonyl (C=O) groups excluding carboxylic acids is 2. The molecule has 0 saturated heterocycles. The van der Waals surface area contributed by atoms with Crippen LogP contribution in [-0.4, -0.2) is 57.1 Å². The van der Waals surface area contributed by atoms with E-state index in [0.717, 1.165) is 6.26 Å². The molecule has 11 heteroatoms. The molecule has 1 N–H and O–H groups in total. The SMILES string of the molecule is CCOc1ccc(N(CCCC(=O)N(Cc2c(Cl)cccc2Cl)C(CC)C(=O)NCC(C)C)S(C)(=O)=O)cc1. The number of nitrogens with zero attached hydrogens (tertiary/aromatic N) is 2. The highest BCUT2D eigenvalue weighted by Gasteiger charge is 2.30. The van der Waals surface area contributed by atoms with E-state index in [0.29, 0.717) is 46.6 Å². The van der Waals surface area contributed by atoms with E-state index in [1.54, 1.807) is 42.5 Å². The van der Waals surface area contributed by atoms with Crippen molar-refractivity contribution in [3.05, 3.63) is 58.1 Å². The summed E-state index contributed by atoms with van der Waals surface area (Å²) in [4.78, 5) is 28.2. The van der Waals surface area contributed by atoms with Crippen LogP contribution in [0, 0.1) is 5.92 Å². The maximum atomic E-state index is 13.6. The van der Waals surface area contributed by atoms with Gasteiger partial charge in [0.25, 0.3) is 0 Å². The van der Waals surface area contributed by atoms with Gasteiger partial charge in [-0.2, -0.15) is 0 Å². The highest BCUT2D eigenvalue weighted by atomic mass is 35.5. The normalized spacial score (nSPS) is 12.2. The van der Waals surface area contributed by atoms with Gasteiger partial charge in [-0.3, -0.25) is 13.9 Å². The highest BCUT2D eigenvalue weighted by molar-refractivity contribution is 7.92. The van der Waals surface area contributed by atoms with Crippen molar-refractivity contribution in [3.8, 4) is 5.75 Å². The van der Waals surface area contributed by atoms with Gasteiger partial charge < -0.3 is 15.0 Å². The zero-order chi connectivity index (χ0) is 29.2. The number of amides is 2. The Labute approximate surface area is 242 Å². The van der Waals surface area contributed by atoms with Gasteiger partial charge in [0.1, 0.15) is 11.8 Å². The van der Waals surface area contributed by atoms with Crippen molar-refractivity contribution >= 4 is 50.7 Å². The lowest BCUT2D eigenvalue weighted by Crippen LogP contribution is -2.49. The van der Waals surface area contributed by atoms with Crippen molar-refractivity contribution in [2.75, 3.05) is 30.3 Å². The van der Waals surface area contributed by atoms with Crippen molar-refractivity contribution in [3.63, 3.8) is 0 Å². The lowest BCUT2D eigenvalue weighted by Gasteiger charge is -2.32. The molecule has 0 aliphatic carbocycles. The van der Waals surface area contributed by atoms with Crippen LogP contribution in [0.3, 0.4) is 0 Å². The average molecular weight is 601 g/mol. The molecule has 8 nitrogen and oxygen atoms in total. The quantitative estimate of drug-likeness (QED) is 0.291. The first-order chi connectivity index (χ1) is 18.4. The Bertz CT molecular complexity index is 1190. The molecule has 0 radical (unpaired) electrons. The van der Waals surface area contributed by atoms with Crippen LogP contribution in [-0.2, 0) is 26.2 Å². The lowest BCUT2D eigenvalue weighted by atomic mass is 10.1. The zero-order valence-corrected chi connectivity index (χ0v) is 25.6. The second-order valence-electron chi connectivity index (χ2n) is 9.65. The van der Waals surface area contributed by atoms with E-state index in [2.05, 4.69) is 5.32 Å². The predicted molar refractivity (Wildman–Crippen MR) is 158 cm³/mol. The highest BCUT2D eigenvalue weighted by Crippen LogP contribution is 2.28. The Morgan fingerprint density at radius 3 is 2.15 bits per heavy atom. The smallest absolute Gasteiger partial charge is 0.242 e. The van der Waals surface area contributed by atoms with Gasteiger partial charge in [0, 0.05) is 41.7 Å². The number of benzene rings is 2. The summed E-state index contributed by atoms with van der Waals surface area (Å²) in [7, 11) is -3.60. The van der Waals surface area contributed by atoms with E-state index in [9.17, 15) is 18.0 Å². The number of halogens is 2. The fraction of sp³-hybridized carbons (Fsp3) is 0.500. The summed E-state index contributed by atoms with van der Waals surface area (Å²) in [6, 6.07) is 11.1. The molecular formula is C28H39Cl2N3O5S. The Morgan fingerprint density at radius 1 is 1.03 bits per heavy atom. The van der Waals surface area contributed by atoms with Gasteiger partial charge in [0.05, 0.1) is 18.6 Å². The summed E-state index contributed by atoms with van der Waals surface area (Å²) < 4.78 is 31.8. The molecule has 2 amide bonds. The number of hydrogen-bond acceptors (Lipinski definition) is 5. The fourth-order valence-corrected chi connectivity index (χ4v) is 5.56. The molecule has 0 aliphatic heterocycles. The molecular weight excluding hydrogens is 561 g/mol. The molecule has 0 aromatic heterocycles. The van der Waals surface area contributed by atoms with Crippen LogP contribution in [0.2, 0.25) is 10.0 Å². The average Bonchev–Trinajstić information content (AvgIpc) is 2.87. The molecule has 0 spiro atoms. The number of anilines is 1. The van der Waals surface area contributed by atoms with Crippen LogP contribution in [0.25, 0.3) is 0 Å². The first kappa shape index (κ1) is 32.7. The van der Waals surface area contributed by atoms with E-state index in [1.807, 2.05) is 27.7 Å². The number of nitrogens with one attached hydrogen (secondary N) is 1. The number of carbonyl (C=O) groups is 2. The number of sulfonamides is 1. The van der Waals surface area contributed by atoms with Crippen LogP contribution >= 0.6 is 23.2 Å². The van der Waals surface area contributed by atoms with E-state index >= 15 is 0 Å². The maximum Gasteiger partial charge on any atom is 0.242 e. The predicted octanol–water partition coefficient (Wildman–Crippen LogP) is 5.52. The molecule has 1 atom stereocenters. The van der Waals surface area contributed by atoms with Gasteiger partial charge in [-0.1, -0.05) is 50.0 Å². The third-order valence-corrected chi connectivity index (χ3v) is 7.95. The fourth-order valence-electron chi connectivity index (χ4n) is 4.07. The summed E-state index contributed by atoms with van der Waals surface area (Å²) in [5.74, 6) is 0.339. The van der Waals surface area contributed by atoms with Gasteiger partial charge >= 0.3 is 0 Å². The first-order valence-electron chi connectivity index (χ1n) is 13.1. The summed E-state index contributed by atoms with van der Waals surface area (Å²) in [6.07, 6.45) is 1.79. The van der Waals surface area contributed by atoms with Gasteiger partial charge in [0.2, 0.25) is 21.8 Å². The van der Waals surface area contributed by atoms with Crippen molar-refractivity contribution in [2.24, 2.45) is 5.92 Å². The molecule has 0 bridgehead atoms. The third-order valence-electron chi connectivity index (χ3n) is 6.05. The van der Waals surface area contributed by atoms with E-state index in [1.165, 1.54) is 9.21 Å². The van der Waals surface area contributed by atoms with E-state index < -0.39 is 16.1 Å². The van der Waals surface area contributed by atoms with Gasteiger partial charge in [-0.15, -0.1) is 0 Å². The molecule has 216 valence electrons. The molecule has 2 aromatic carbocycles. The van der Waals surface area contributed by atoms with Gasteiger partial charge in [0.15, 0.2) is 0 Å². The summed E-state index contributed by atoms with van der Waals surface area (Å²) >= 11 is 12.8. The zero-order valence-electron chi connectivity index (χ0n) is 23.2. The van der Waals surface area contributed by atoms with Gasteiger partial charge in [-0.05, 0) is 62.1 Å². The summed E-state index contributed by atoms with van der Waals surface area (Å²) in [5, 5.41) is 3.72. The molecule has 0 aliphatic rings. The number of rotatable bonds is 15. The number of ether oxygens (including phenoxy) is 1. The van der Waals surface area contributed by atoms with Crippen LogP contribution in [0.1, 0.15) is 52.5 Å². The van der Waals surface area contributed by atoms with Crippen molar-refractivity contribution in [1.82, 2.24) is 10.2 Å². The Kier molecular flexibility index (Phi) is 12.9. The van der Waals surface area contributed by atoms with Crippen molar-refractivity contribution in [2.45, 2.75) is 59.5 Å². The number of hydrogen-bond donors (Lipinski definition) is 1. The molecule has 39 heavy (non-hydrogen) atoms. The minimum Gasteiger partial charge on any atom is -0.494 e. The van der Waals surface area contributed by atoms with Crippen LogP contribution in [0.5, 0.6) is 5.75 Å². The molecule has 0 fully saturated rings. The van der Waals surface area contributed by atoms with E-state index in [-0.39, 0.29) is 43.7 Å². The Hall–Kier alpha value is -2.49. The second kappa shape index (κ2) is 15.3. The minimum atomic E-state index is -3.60. The molecule has 1 unspecified atom stereocenters. The summed E-state index contributed by atoms with van der Waals surface area (Å²) in [6.45, 7) is 8.82. The Balaban J connectivity index is 2.25. The van der Waals surface area contributed by atoms with Gasteiger partial charge in [-0.25, -0.2) is 8.42 Å². The topological polar surface area (TPSA) is 96.0 Å². The molecule has 2 rings (SSSR count). The van der Waals surface area contributed by atoms with Crippen molar-refractivity contribution < 1.29 is 22.7 Å². The van der Waals surface area contributed by atoms with Crippen LogP contribution in [0.15, 0.2) is 42.5 Å². The minimum absolute atomic E-state index is 0.0269. The third kappa shape index (κ3) is 9.89. The van der Waals surface area contributed by atoms with Crippen molar-refractivity contribution in [1.29, 1.82) is 0 Å². The second-order valence-corrected chi connectivity index (χ2v) is 12.4. The first-order valence-corrected chi connectivity index (χ1v) is 15.7. The van der Waals surface area contributed by atoms with Crippen LogP contribution < -0.4 is 14.4 Å². The lowest BCUT2D eigenvalue weighted by molar-refractivity contribution is -0.141. The molecule has 0 saturated carbocycles. The maximum absolute atomic E-state index is 13.6. The molecule has 0 heterocycles.